The lowest BCUT2D eigenvalue weighted by molar-refractivity contribution is -0.137. The summed E-state index contributed by atoms with van der Waals surface area (Å²) in [5.41, 5.74) is 0. The molecule has 0 aromatic rings. The molecule has 1 rings (SSSR count). The molecule has 24 heavy (non-hydrogen) atoms. The van der Waals surface area contributed by atoms with Crippen LogP contribution in [0.25, 0.3) is 0 Å². The number of unbranched alkanes of at least 4 members (excludes halogenated alkanes) is 3. The molecule has 0 amide bonds. The van der Waals surface area contributed by atoms with Gasteiger partial charge in [-0.3, -0.25) is 9.59 Å². The molecule has 0 aromatic carbocycles. The summed E-state index contributed by atoms with van der Waals surface area (Å²) in [5, 5.41) is 18.7. The Hall–Kier alpha value is -1.68. The summed E-state index contributed by atoms with van der Waals surface area (Å²) in [5.74, 6) is -0.989. The lowest BCUT2D eigenvalue weighted by Crippen LogP contribution is -2.15. The molecule has 2 N–H and O–H groups in total. The fourth-order valence-electron chi connectivity index (χ4n) is 2.85. The van der Waals surface area contributed by atoms with E-state index >= 15 is 0 Å². The van der Waals surface area contributed by atoms with Crippen LogP contribution in [-0.2, 0) is 9.59 Å². The van der Waals surface area contributed by atoms with Crippen molar-refractivity contribution in [3.05, 3.63) is 36.5 Å². The average Bonchev–Trinajstić information content (AvgIpc) is 2.88. The molecule has 4 heteroatoms. The normalized spacial score (nSPS) is 22.0. The van der Waals surface area contributed by atoms with Gasteiger partial charge in [0, 0.05) is 12.3 Å². The molecule has 0 heterocycles. The van der Waals surface area contributed by atoms with Gasteiger partial charge in [0.1, 0.15) is 0 Å². The van der Waals surface area contributed by atoms with Crippen molar-refractivity contribution in [1.82, 2.24) is 0 Å². The summed E-state index contributed by atoms with van der Waals surface area (Å²) < 4.78 is 0. The molecule has 0 saturated carbocycles. The van der Waals surface area contributed by atoms with E-state index in [1.165, 1.54) is 19.3 Å². The predicted molar refractivity (Wildman–Crippen MR) is 95.7 cm³/mol. The molecule has 1 aliphatic carbocycles. The molecule has 4 nitrogen and oxygen atoms in total. The van der Waals surface area contributed by atoms with E-state index in [1.807, 2.05) is 12.2 Å². The van der Waals surface area contributed by atoms with Gasteiger partial charge >= 0.3 is 5.97 Å². The number of aliphatic carboxylic acids is 1. The molecule has 3 atom stereocenters. The number of aliphatic hydroxyl groups excluding tert-OH is 1. The molecule has 0 bridgehead atoms. The Morgan fingerprint density at radius 2 is 2.08 bits per heavy atom. The van der Waals surface area contributed by atoms with Crippen LogP contribution >= 0.6 is 0 Å². The third kappa shape index (κ3) is 8.25. The number of aliphatic hydroxyl groups is 1. The third-order valence-electron chi connectivity index (χ3n) is 4.28. The van der Waals surface area contributed by atoms with E-state index in [2.05, 4.69) is 13.0 Å². The first-order valence-electron chi connectivity index (χ1n) is 8.99. The van der Waals surface area contributed by atoms with Gasteiger partial charge in [-0.1, -0.05) is 50.1 Å². The van der Waals surface area contributed by atoms with Gasteiger partial charge < -0.3 is 10.2 Å². The predicted octanol–water partition coefficient (Wildman–Crippen LogP) is 4.06. The van der Waals surface area contributed by atoms with Gasteiger partial charge in [0.15, 0.2) is 5.78 Å². The maximum Gasteiger partial charge on any atom is 0.303 e. The first-order valence-corrected chi connectivity index (χ1v) is 8.99. The second kappa shape index (κ2) is 11.8. The number of carboxylic acid groups (broad SMARTS) is 1. The molecule has 1 aliphatic rings. The van der Waals surface area contributed by atoms with Crippen LogP contribution in [0, 0.1) is 11.8 Å². The smallest absolute Gasteiger partial charge is 0.303 e. The van der Waals surface area contributed by atoms with Gasteiger partial charge in [-0.25, -0.2) is 0 Å². The Labute approximate surface area is 145 Å². The number of allylic oxidation sites excluding steroid dienone is 4. The second-order valence-electron chi connectivity index (χ2n) is 6.39. The van der Waals surface area contributed by atoms with Gasteiger partial charge in [0.25, 0.3) is 0 Å². The van der Waals surface area contributed by atoms with Crippen molar-refractivity contribution < 1.29 is 19.8 Å². The highest BCUT2D eigenvalue weighted by atomic mass is 16.4. The number of carbonyl (C=O) groups excluding carboxylic acids is 1. The van der Waals surface area contributed by atoms with Crippen LogP contribution in [0.5, 0.6) is 0 Å². The molecular weight excluding hydrogens is 304 g/mol. The first-order chi connectivity index (χ1) is 11.5. The van der Waals surface area contributed by atoms with Crippen LogP contribution in [0.2, 0.25) is 0 Å². The van der Waals surface area contributed by atoms with Gasteiger partial charge in [0.2, 0.25) is 0 Å². The van der Waals surface area contributed by atoms with Crippen molar-refractivity contribution in [2.45, 2.75) is 64.4 Å². The standard InChI is InChI=1S/C20H30O4/c1-2-3-4-5-6-7-10-17(21)13-14-18-16(12-15-19(18)22)9-8-11-20(23)24/h6-7,12-18,21H,2-5,8-11H2,1H3,(H,23,24)/b7-6-,14-13+/t16-,17+,18-/m1/s1. The second-order valence-corrected chi connectivity index (χ2v) is 6.39. The van der Waals surface area contributed by atoms with Crippen molar-refractivity contribution in [2.75, 3.05) is 0 Å². The maximum absolute atomic E-state index is 11.9. The van der Waals surface area contributed by atoms with E-state index in [1.54, 1.807) is 18.2 Å². The van der Waals surface area contributed by atoms with E-state index in [9.17, 15) is 14.7 Å². The Bertz CT molecular complexity index is 476. The van der Waals surface area contributed by atoms with E-state index < -0.39 is 12.1 Å². The van der Waals surface area contributed by atoms with E-state index in [-0.39, 0.29) is 24.0 Å². The number of rotatable bonds is 12. The number of ketones is 1. The molecule has 0 aromatic heterocycles. The quantitative estimate of drug-likeness (QED) is 0.417. The minimum atomic E-state index is -0.809. The minimum Gasteiger partial charge on any atom is -0.481 e. The monoisotopic (exact) mass is 334 g/mol. The summed E-state index contributed by atoms with van der Waals surface area (Å²) in [6.45, 7) is 2.17. The Kier molecular flexibility index (Phi) is 10.0. The maximum atomic E-state index is 11.9. The van der Waals surface area contributed by atoms with Crippen molar-refractivity contribution in [3.8, 4) is 0 Å². The van der Waals surface area contributed by atoms with Crippen molar-refractivity contribution in [2.24, 2.45) is 11.8 Å². The topological polar surface area (TPSA) is 74.6 Å². The van der Waals surface area contributed by atoms with Gasteiger partial charge in [-0.05, 0) is 44.1 Å². The summed E-state index contributed by atoms with van der Waals surface area (Å²) in [6, 6.07) is 0. The number of carboxylic acids is 1. The van der Waals surface area contributed by atoms with Crippen LogP contribution in [0.3, 0.4) is 0 Å². The Morgan fingerprint density at radius 3 is 2.79 bits per heavy atom. The summed E-state index contributed by atoms with van der Waals surface area (Å²) >= 11 is 0. The molecule has 134 valence electrons. The molecule has 0 saturated heterocycles. The summed E-state index contributed by atoms with van der Waals surface area (Å²) in [6.07, 6.45) is 17.0. The molecule has 0 radical (unpaired) electrons. The fraction of sp³-hybridized carbons (Fsp3) is 0.600. The molecule has 0 unspecified atom stereocenters. The number of hydrogen-bond acceptors (Lipinski definition) is 3. The Morgan fingerprint density at radius 1 is 1.29 bits per heavy atom. The highest BCUT2D eigenvalue weighted by molar-refractivity contribution is 5.95. The lowest BCUT2D eigenvalue weighted by atomic mass is 9.89. The van der Waals surface area contributed by atoms with Crippen LogP contribution in [-0.4, -0.2) is 28.1 Å². The van der Waals surface area contributed by atoms with Gasteiger partial charge in [-0.15, -0.1) is 0 Å². The Balaban J connectivity index is 2.36. The fourth-order valence-corrected chi connectivity index (χ4v) is 2.85. The molecule has 0 spiro atoms. The zero-order chi connectivity index (χ0) is 17.8. The van der Waals surface area contributed by atoms with E-state index in [0.29, 0.717) is 19.3 Å². The highest BCUT2D eigenvalue weighted by Gasteiger charge is 2.27. The van der Waals surface area contributed by atoms with Crippen LogP contribution in [0.15, 0.2) is 36.5 Å². The van der Waals surface area contributed by atoms with Crippen LogP contribution in [0.1, 0.15) is 58.3 Å². The van der Waals surface area contributed by atoms with Gasteiger partial charge in [0.05, 0.1) is 6.10 Å². The molecule has 0 fully saturated rings. The summed E-state index contributed by atoms with van der Waals surface area (Å²) in [7, 11) is 0. The largest absolute Gasteiger partial charge is 0.481 e. The van der Waals surface area contributed by atoms with Gasteiger partial charge in [-0.2, -0.15) is 0 Å². The van der Waals surface area contributed by atoms with Crippen molar-refractivity contribution in [1.29, 1.82) is 0 Å². The van der Waals surface area contributed by atoms with E-state index in [0.717, 1.165) is 6.42 Å². The summed E-state index contributed by atoms with van der Waals surface area (Å²) in [4.78, 5) is 22.5. The number of hydrogen-bond donors (Lipinski definition) is 2. The van der Waals surface area contributed by atoms with Crippen LogP contribution in [0.4, 0.5) is 0 Å². The SMILES string of the molecule is CCCCC/C=C\C[C@H](O)/C=C/[C@H]1C(=O)C=C[C@H]1CCCC(=O)O. The van der Waals surface area contributed by atoms with Crippen molar-refractivity contribution in [3.63, 3.8) is 0 Å². The number of carbonyl (C=O) groups is 2. The first kappa shape index (κ1) is 20.4. The molecule has 0 aliphatic heterocycles. The molecular formula is C20H30O4. The van der Waals surface area contributed by atoms with Crippen LogP contribution < -0.4 is 0 Å². The third-order valence-corrected chi connectivity index (χ3v) is 4.28. The van der Waals surface area contributed by atoms with Crippen molar-refractivity contribution >= 4 is 11.8 Å². The average molecular weight is 334 g/mol. The zero-order valence-electron chi connectivity index (χ0n) is 14.6. The minimum absolute atomic E-state index is 0.0360. The highest BCUT2D eigenvalue weighted by Crippen LogP contribution is 2.28. The van der Waals surface area contributed by atoms with E-state index in [4.69, 9.17) is 5.11 Å². The lowest BCUT2D eigenvalue weighted by Gasteiger charge is -2.14. The zero-order valence-corrected chi connectivity index (χ0v) is 14.6.